The van der Waals surface area contributed by atoms with Gasteiger partial charge in [-0.05, 0) is 65.1 Å². The summed E-state index contributed by atoms with van der Waals surface area (Å²) in [6.45, 7) is 0. The number of hydrogen-bond acceptors (Lipinski definition) is 1. The Balaban J connectivity index is 1.67. The van der Waals surface area contributed by atoms with Gasteiger partial charge in [-0.1, -0.05) is 35.9 Å². The highest BCUT2D eigenvalue weighted by atomic mass is 35.5. The Morgan fingerprint density at radius 2 is 1.70 bits per heavy atom. The summed E-state index contributed by atoms with van der Waals surface area (Å²) in [4.78, 5) is 8.20. The van der Waals surface area contributed by atoms with E-state index < -0.39 is 0 Å². The van der Waals surface area contributed by atoms with Crippen LogP contribution in [0, 0.1) is 0 Å². The molecule has 0 unspecified atom stereocenters. The van der Waals surface area contributed by atoms with Gasteiger partial charge in [0, 0.05) is 10.6 Å². The first kappa shape index (κ1) is 12.9. The largest absolute Gasteiger partial charge is 0.338 e. The molecule has 2 nitrogen and oxygen atoms in total. The highest BCUT2D eigenvalue weighted by Gasteiger charge is 2.19. The lowest BCUT2D eigenvalue weighted by atomic mass is 10.1. The molecule has 3 heteroatoms. The summed E-state index contributed by atoms with van der Waals surface area (Å²) in [5, 5.41) is 0.737. The predicted octanol–water partition coefficient (Wildman–Crippen LogP) is 5.45. The minimum atomic E-state index is 0.737. The number of benzene rings is 3. The van der Waals surface area contributed by atoms with Crippen LogP contribution >= 0.6 is 11.6 Å². The average molecular weight is 317 g/mol. The Morgan fingerprint density at radius 1 is 0.870 bits per heavy atom. The normalized spacial score (nSPS) is 12.4. The SMILES string of the molecule is Clc1ccc(-c2nc3cc4c(cc3[nH]2)Cc2ccccc2-4)cc1. The molecule has 0 bridgehead atoms. The van der Waals surface area contributed by atoms with Crippen molar-refractivity contribution in [3.63, 3.8) is 0 Å². The molecule has 0 amide bonds. The molecule has 23 heavy (non-hydrogen) atoms. The van der Waals surface area contributed by atoms with Crippen LogP contribution in [0.4, 0.5) is 0 Å². The lowest BCUT2D eigenvalue weighted by molar-refractivity contribution is 1.26. The van der Waals surface area contributed by atoms with Crippen LogP contribution in [0.15, 0.2) is 60.7 Å². The van der Waals surface area contributed by atoms with E-state index in [4.69, 9.17) is 16.6 Å². The van der Waals surface area contributed by atoms with E-state index in [1.165, 1.54) is 22.3 Å². The second kappa shape index (κ2) is 4.71. The molecular weight excluding hydrogens is 304 g/mol. The Kier molecular flexibility index (Phi) is 2.64. The van der Waals surface area contributed by atoms with Crippen LogP contribution in [0.3, 0.4) is 0 Å². The lowest BCUT2D eigenvalue weighted by Crippen LogP contribution is -1.80. The van der Waals surface area contributed by atoms with Crippen molar-refractivity contribution in [2.75, 3.05) is 0 Å². The zero-order chi connectivity index (χ0) is 15.4. The van der Waals surface area contributed by atoms with Gasteiger partial charge in [-0.15, -0.1) is 0 Å². The summed E-state index contributed by atoms with van der Waals surface area (Å²) in [6.07, 6.45) is 0.997. The maximum atomic E-state index is 5.96. The number of halogens is 1. The van der Waals surface area contributed by atoms with Crippen LogP contribution in [0.2, 0.25) is 5.02 Å². The third kappa shape index (κ3) is 1.99. The van der Waals surface area contributed by atoms with Gasteiger partial charge >= 0.3 is 0 Å². The van der Waals surface area contributed by atoms with Crippen LogP contribution in [-0.4, -0.2) is 9.97 Å². The minimum absolute atomic E-state index is 0.737. The van der Waals surface area contributed by atoms with Crippen molar-refractivity contribution < 1.29 is 0 Å². The Hall–Kier alpha value is -2.58. The van der Waals surface area contributed by atoms with Gasteiger partial charge in [0.1, 0.15) is 5.82 Å². The number of rotatable bonds is 1. The molecule has 5 rings (SSSR count). The highest BCUT2D eigenvalue weighted by molar-refractivity contribution is 6.30. The molecule has 1 aromatic heterocycles. The first-order chi connectivity index (χ1) is 11.3. The molecule has 1 aliphatic rings. The van der Waals surface area contributed by atoms with Crippen LogP contribution < -0.4 is 0 Å². The van der Waals surface area contributed by atoms with Gasteiger partial charge in [0.05, 0.1) is 11.0 Å². The molecule has 0 saturated carbocycles. The summed E-state index contributed by atoms with van der Waals surface area (Å²) < 4.78 is 0. The maximum absolute atomic E-state index is 5.96. The molecular formula is C20H13ClN2. The van der Waals surface area contributed by atoms with E-state index in [0.29, 0.717) is 0 Å². The Bertz CT molecular complexity index is 1050. The van der Waals surface area contributed by atoms with Gasteiger partial charge in [0.25, 0.3) is 0 Å². The van der Waals surface area contributed by atoms with Crippen LogP contribution in [0.1, 0.15) is 11.1 Å². The third-order valence-electron chi connectivity index (χ3n) is 4.51. The summed E-state index contributed by atoms with van der Waals surface area (Å²) in [6, 6.07) is 20.8. The van der Waals surface area contributed by atoms with Crippen molar-refractivity contribution in [3.05, 3.63) is 76.8 Å². The zero-order valence-corrected chi connectivity index (χ0v) is 13.1. The molecule has 0 atom stereocenters. The van der Waals surface area contributed by atoms with Gasteiger partial charge in [0.15, 0.2) is 0 Å². The molecule has 110 valence electrons. The molecule has 0 fully saturated rings. The molecule has 0 aliphatic heterocycles. The number of fused-ring (bicyclic) bond motifs is 4. The van der Waals surface area contributed by atoms with Crippen molar-refractivity contribution in [2.24, 2.45) is 0 Å². The van der Waals surface area contributed by atoms with Crippen LogP contribution in [0.25, 0.3) is 33.5 Å². The highest BCUT2D eigenvalue weighted by Crippen LogP contribution is 2.38. The fraction of sp³-hybridized carbons (Fsp3) is 0.0500. The number of H-pyrrole nitrogens is 1. The maximum Gasteiger partial charge on any atom is 0.138 e. The number of aromatic amines is 1. The smallest absolute Gasteiger partial charge is 0.138 e. The van der Waals surface area contributed by atoms with Crippen molar-refractivity contribution in [1.82, 2.24) is 9.97 Å². The molecule has 4 aromatic rings. The van der Waals surface area contributed by atoms with Crippen molar-refractivity contribution in [3.8, 4) is 22.5 Å². The molecule has 0 saturated heterocycles. The minimum Gasteiger partial charge on any atom is -0.338 e. The van der Waals surface area contributed by atoms with Crippen molar-refractivity contribution in [1.29, 1.82) is 0 Å². The summed E-state index contributed by atoms with van der Waals surface area (Å²) in [5.41, 5.74) is 8.54. The second-order valence-electron chi connectivity index (χ2n) is 5.95. The number of imidazole rings is 1. The zero-order valence-electron chi connectivity index (χ0n) is 12.3. The number of nitrogens with zero attached hydrogens (tertiary/aromatic N) is 1. The molecule has 1 aliphatic carbocycles. The fourth-order valence-electron chi connectivity index (χ4n) is 3.39. The quantitative estimate of drug-likeness (QED) is 0.437. The second-order valence-corrected chi connectivity index (χ2v) is 6.39. The van der Waals surface area contributed by atoms with Crippen molar-refractivity contribution in [2.45, 2.75) is 6.42 Å². The van der Waals surface area contributed by atoms with E-state index >= 15 is 0 Å². The van der Waals surface area contributed by atoms with E-state index in [-0.39, 0.29) is 0 Å². The monoisotopic (exact) mass is 316 g/mol. The molecule has 3 aromatic carbocycles. The van der Waals surface area contributed by atoms with E-state index in [1.54, 1.807) is 0 Å². The van der Waals surface area contributed by atoms with Gasteiger partial charge < -0.3 is 4.98 Å². The average Bonchev–Trinajstić information content (AvgIpc) is 3.13. The molecule has 1 heterocycles. The summed E-state index contributed by atoms with van der Waals surface area (Å²) >= 11 is 5.96. The van der Waals surface area contributed by atoms with Gasteiger partial charge in [-0.3, -0.25) is 0 Å². The molecule has 1 N–H and O–H groups in total. The third-order valence-corrected chi connectivity index (χ3v) is 4.76. The van der Waals surface area contributed by atoms with Crippen LogP contribution in [-0.2, 0) is 6.42 Å². The van der Waals surface area contributed by atoms with E-state index in [1.807, 2.05) is 24.3 Å². The standard InChI is InChI=1S/C20H13ClN2/c21-15-7-5-12(6-8-15)20-22-18-10-14-9-13-3-1-2-4-16(13)17(14)11-19(18)23-20/h1-8,10-11H,9H2,(H,22,23). The molecule has 0 spiro atoms. The van der Waals surface area contributed by atoms with E-state index in [2.05, 4.69) is 41.4 Å². The fourth-order valence-corrected chi connectivity index (χ4v) is 3.51. The predicted molar refractivity (Wildman–Crippen MR) is 94.8 cm³/mol. The topological polar surface area (TPSA) is 28.7 Å². The van der Waals surface area contributed by atoms with Gasteiger partial charge in [-0.2, -0.15) is 0 Å². The Morgan fingerprint density at radius 3 is 2.57 bits per heavy atom. The van der Waals surface area contributed by atoms with Crippen LogP contribution in [0.5, 0.6) is 0 Å². The van der Waals surface area contributed by atoms with Gasteiger partial charge in [-0.25, -0.2) is 4.98 Å². The summed E-state index contributed by atoms with van der Waals surface area (Å²) in [5.74, 6) is 0.883. The Labute approximate surface area is 138 Å². The van der Waals surface area contributed by atoms with E-state index in [0.717, 1.165) is 33.9 Å². The lowest BCUT2D eigenvalue weighted by Gasteiger charge is -1.99. The number of hydrogen-bond donors (Lipinski definition) is 1. The first-order valence-electron chi connectivity index (χ1n) is 7.65. The summed E-state index contributed by atoms with van der Waals surface area (Å²) in [7, 11) is 0. The number of nitrogens with one attached hydrogen (secondary N) is 1. The van der Waals surface area contributed by atoms with Crippen molar-refractivity contribution >= 4 is 22.6 Å². The van der Waals surface area contributed by atoms with E-state index in [9.17, 15) is 0 Å². The first-order valence-corrected chi connectivity index (χ1v) is 8.02. The number of aromatic nitrogens is 2. The van der Waals surface area contributed by atoms with Gasteiger partial charge in [0.2, 0.25) is 0 Å². The molecule has 0 radical (unpaired) electrons.